The quantitative estimate of drug-likeness (QED) is 0.200. The third-order valence-corrected chi connectivity index (χ3v) is 9.77. The van der Waals surface area contributed by atoms with Crippen LogP contribution in [0.1, 0.15) is 42.4 Å². The lowest BCUT2D eigenvalue weighted by Gasteiger charge is -2.38. The topological polar surface area (TPSA) is 43.4 Å². The van der Waals surface area contributed by atoms with E-state index >= 15 is 0 Å². The number of benzene rings is 3. The Morgan fingerprint density at radius 1 is 0.707 bits per heavy atom. The Morgan fingerprint density at radius 3 is 1.66 bits per heavy atom. The van der Waals surface area contributed by atoms with Gasteiger partial charge in [-0.1, -0.05) is 37.1 Å². The number of halogens is 10. The van der Waals surface area contributed by atoms with Crippen molar-refractivity contribution in [2.45, 2.75) is 59.9 Å². The fourth-order valence-corrected chi connectivity index (χ4v) is 7.35. The first-order valence-corrected chi connectivity index (χ1v) is 13.5. The maximum Gasteiger partial charge on any atom is 0.430 e. The van der Waals surface area contributed by atoms with Crippen molar-refractivity contribution in [2.24, 2.45) is 0 Å². The molecule has 14 heteroatoms. The standard InChI is InChI=1S/C27H20F10O3S/c28-18-7-9-20(10-8-18)41(38,39)24(11-1-2-12-24)16-3-5-17(6-4-16)25(26(32,33)34,27(35,36)37)40-15-21-22(30)13-19(29)14-23(21)31/h3-10,13-14H,1-2,11-12,15H2. The van der Waals surface area contributed by atoms with Gasteiger partial charge in [0.15, 0.2) is 9.84 Å². The average molecular weight is 615 g/mol. The van der Waals surface area contributed by atoms with Crippen LogP contribution in [0.4, 0.5) is 43.9 Å². The summed E-state index contributed by atoms with van der Waals surface area (Å²) in [7, 11) is -4.29. The molecule has 0 aliphatic heterocycles. The number of sulfone groups is 1. The van der Waals surface area contributed by atoms with E-state index in [-0.39, 0.29) is 35.4 Å². The number of hydrogen-bond acceptors (Lipinski definition) is 3. The van der Waals surface area contributed by atoms with E-state index in [0.717, 1.165) is 36.4 Å². The first-order valence-electron chi connectivity index (χ1n) is 12.0. The lowest BCUT2D eigenvalue weighted by molar-refractivity contribution is -0.392. The van der Waals surface area contributed by atoms with Crippen LogP contribution in [0, 0.1) is 23.3 Å². The summed E-state index contributed by atoms with van der Waals surface area (Å²) in [5, 5.41) is 0. The molecule has 1 fully saturated rings. The first-order chi connectivity index (χ1) is 19.0. The minimum Gasteiger partial charge on any atom is -0.349 e. The summed E-state index contributed by atoms with van der Waals surface area (Å²) in [6, 6.07) is 6.38. The van der Waals surface area contributed by atoms with Gasteiger partial charge >= 0.3 is 12.4 Å². The zero-order chi connectivity index (χ0) is 30.4. The van der Waals surface area contributed by atoms with E-state index < -0.39 is 73.5 Å². The Kier molecular flexibility index (Phi) is 7.97. The van der Waals surface area contributed by atoms with Gasteiger partial charge in [0, 0.05) is 23.3 Å². The lowest BCUT2D eigenvalue weighted by atomic mass is 9.88. The second-order valence-corrected chi connectivity index (χ2v) is 11.8. The van der Waals surface area contributed by atoms with Gasteiger partial charge in [-0.05, 0) is 42.7 Å². The molecule has 0 bridgehead atoms. The number of rotatable bonds is 7. The third-order valence-electron chi connectivity index (χ3n) is 7.20. The smallest absolute Gasteiger partial charge is 0.349 e. The summed E-state index contributed by atoms with van der Waals surface area (Å²) in [6.45, 7) is -1.87. The highest BCUT2D eigenvalue weighted by molar-refractivity contribution is 7.92. The lowest BCUT2D eigenvalue weighted by Crippen LogP contribution is -2.56. The second kappa shape index (κ2) is 10.6. The molecular weight excluding hydrogens is 594 g/mol. The van der Waals surface area contributed by atoms with Gasteiger partial charge in [0.2, 0.25) is 0 Å². The molecule has 1 saturated carbocycles. The fraction of sp³-hybridized carbons (Fsp3) is 0.333. The van der Waals surface area contributed by atoms with Crippen LogP contribution < -0.4 is 0 Å². The van der Waals surface area contributed by atoms with E-state index in [1.165, 1.54) is 0 Å². The van der Waals surface area contributed by atoms with Crippen LogP contribution in [-0.2, 0) is 31.5 Å². The van der Waals surface area contributed by atoms with Crippen molar-refractivity contribution in [2.75, 3.05) is 0 Å². The highest BCUT2D eigenvalue weighted by atomic mass is 32.2. The van der Waals surface area contributed by atoms with Crippen molar-refractivity contribution in [3.05, 3.63) is 101 Å². The maximum absolute atomic E-state index is 14.2. The van der Waals surface area contributed by atoms with Gasteiger partial charge in [-0.25, -0.2) is 26.0 Å². The van der Waals surface area contributed by atoms with Gasteiger partial charge in [0.25, 0.3) is 5.60 Å². The Balaban J connectivity index is 1.81. The molecule has 222 valence electrons. The van der Waals surface area contributed by atoms with Gasteiger partial charge in [-0.3, -0.25) is 0 Å². The Hall–Kier alpha value is -3.13. The predicted molar refractivity (Wildman–Crippen MR) is 125 cm³/mol. The van der Waals surface area contributed by atoms with Crippen LogP contribution in [0.2, 0.25) is 0 Å². The molecule has 4 rings (SSSR count). The van der Waals surface area contributed by atoms with Crippen LogP contribution in [0.5, 0.6) is 0 Å². The molecule has 0 radical (unpaired) electrons. The van der Waals surface area contributed by atoms with Crippen LogP contribution in [-0.4, -0.2) is 20.8 Å². The summed E-state index contributed by atoms with van der Waals surface area (Å²) >= 11 is 0. The minimum atomic E-state index is -6.22. The van der Waals surface area contributed by atoms with E-state index in [0.29, 0.717) is 25.0 Å². The summed E-state index contributed by atoms with van der Waals surface area (Å²) in [5.41, 5.74) is -8.09. The molecule has 0 atom stereocenters. The summed E-state index contributed by atoms with van der Waals surface area (Å²) in [4.78, 5) is -0.281. The van der Waals surface area contributed by atoms with Crippen molar-refractivity contribution in [1.29, 1.82) is 0 Å². The second-order valence-electron chi connectivity index (χ2n) is 9.55. The van der Waals surface area contributed by atoms with E-state index in [9.17, 15) is 52.3 Å². The maximum atomic E-state index is 14.2. The average Bonchev–Trinajstić information content (AvgIpc) is 3.37. The largest absolute Gasteiger partial charge is 0.430 e. The van der Waals surface area contributed by atoms with Crippen molar-refractivity contribution >= 4 is 9.84 Å². The van der Waals surface area contributed by atoms with Crippen LogP contribution in [0.15, 0.2) is 65.6 Å². The molecule has 3 aromatic carbocycles. The monoisotopic (exact) mass is 614 g/mol. The molecule has 0 saturated heterocycles. The van der Waals surface area contributed by atoms with Gasteiger partial charge in [0.1, 0.15) is 28.0 Å². The zero-order valence-corrected chi connectivity index (χ0v) is 21.5. The zero-order valence-electron chi connectivity index (χ0n) is 20.7. The van der Waals surface area contributed by atoms with Gasteiger partial charge in [0.05, 0.1) is 11.5 Å². The highest BCUT2D eigenvalue weighted by Gasteiger charge is 2.73. The number of hydrogen-bond donors (Lipinski definition) is 0. The molecule has 0 N–H and O–H groups in total. The van der Waals surface area contributed by atoms with Gasteiger partial charge in [-0.15, -0.1) is 0 Å². The Bertz CT molecular complexity index is 1470. The normalized spacial score (nSPS) is 16.2. The van der Waals surface area contributed by atoms with Gasteiger partial charge in [-0.2, -0.15) is 26.3 Å². The molecule has 0 amide bonds. The fourth-order valence-electron chi connectivity index (χ4n) is 5.13. The van der Waals surface area contributed by atoms with Crippen LogP contribution in [0.25, 0.3) is 0 Å². The third kappa shape index (κ3) is 5.20. The van der Waals surface area contributed by atoms with Crippen molar-refractivity contribution in [1.82, 2.24) is 0 Å². The number of alkyl halides is 6. The molecule has 1 aliphatic rings. The number of ether oxygens (including phenoxy) is 1. The predicted octanol–water partition coefficient (Wildman–Crippen LogP) is 8.02. The first kappa shape index (κ1) is 30.8. The van der Waals surface area contributed by atoms with E-state index in [2.05, 4.69) is 4.74 Å². The van der Waals surface area contributed by atoms with E-state index in [1.807, 2.05) is 0 Å². The van der Waals surface area contributed by atoms with Gasteiger partial charge < -0.3 is 4.74 Å². The molecule has 0 aromatic heterocycles. The molecular formula is C27H20F10O3S. The summed E-state index contributed by atoms with van der Waals surface area (Å²) in [6.07, 6.45) is -11.7. The molecule has 41 heavy (non-hydrogen) atoms. The Labute approximate surface area is 227 Å². The molecule has 0 heterocycles. The SMILES string of the molecule is O=S(=O)(c1ccc(F)cc1)C1(c2ccc(C(OCc3c(F)cc(F)cc3F)(C(F)(F)F)C(F)(F)F)cc2)CCCC1. The van der Waals surface area contributed by atoms with E-state index in [4.69, 9.17) is 0 Å². The highest BCUT2D eigenvalue weighted by Crippen LogP contribution is 2.54. The van der Waals surface area contributed by atoms with Crippen LogP contribution >= 0.6 is 0 Å². The summed E-state index contributed by atoms with van der Waals surface area (Å²) in [5.74, 6) is -5.69. The summed E-state index contributed by atoms with van der Waals surface area (Å²) < 4.78 is 170. The van der Waals surface area contributed by atoms with Crippen molar-refractivity contribution in [3.63, 3.8) is 0 Å². The molecule has 0 spiro atoms. The van der Waals surface area contributed by atoms with E-state index in [1.54, 1.807) is 0 Å². The van der Waals surface area contributed by atoms with Crippen molar-refractivity contribution in [3.8, 4) is 0 Å². The molecule has 3 aromatic rings. The molecule has 1 aliphatic carbocycles. The minimum absolute atomic E-state index is 0.00460. The van der Waals surface area contributed by atoms with Crippen LogP contribution in [0.3, 0.4) is 0 Å². The molecule has 0 unspecified atom stereocenters. The Morgan fingerprint density at radius 2 is 1.20 bits per heavy atom. The molecule has 3 nitrogen and oxygen atoms in total. The van der Waals surface area contributed by atoms with Crippen molar-refractivity contribution < 1.29 is 57.1 Å².